The van der Waals surface area contributed by atoms with Gasteiger partial charge in [-0.05, 0) is 36.6 Å². The summed E-state index contributed by atoms with van der Waals surface area (Å²) in [6.45, 7) is 0.962. The molecule has 0 unspecified atom stereocenters. The number of amides is 1. The molecule has 0 aliphatic rings. The average Bonchev–Trinajstić information content (AvgIpc) is 3.21. The Labute approximate surface area is 177 Å². The van der Waals surface area contributed by atoms with Gasteiger partial charge in [0.05, 0.1) is 32.4 Å². The molecule has 0 saturated heterocycles. The number of ether oxygens (including phenoxy) is 1. The Bertz CT molecular complexity index is 1090. The highest BCUT2D eigenvalue weighted by molar-refractivity contribution is 7.13. The number of carbonyl (C=O) groups excluding carboxylic acids is 2. The fourth-order valence-corrected chi connectivity index (χ4v) is 3.31. The van der Waals surface area contributed by atoms with Gasteiger partial charge in [0.1, 0.15) is 0 Å². The lowest BCUT2D eigenvalue weighted by molar-refractivity contribution is -0.137. The topological polar surface area (TPSA) is 81.2 Å². The maximum atomic E-state index is 12.6. The second kappa shape index (κ2) is 8.80. The summed E-state index contributed by atoms with van der Waals surface area (Å²) in [5.41, 5.74) is 0.276. The number of nitrogens with zero attached hydrogens (tertiary/aromatic N) is 2. The number of thiophene rings is 1. The van der Waals surface area contributed by atoms with E-state index in [1.54, 1.807) is 19.1 Å². The summed E-state index contributed by atoms with van der Waals surface area (Å²) < 4.78 is 42.8. The Morgan fingerprint density at radius 3 is 2.63 bits per heavy atom. The van der Waals surface area contributed by atoms with Crippen LogP contribution in [0.4, 0.5) is 19.0 Å². The zero-order valence-corrected chi connectivity index (χ0v) is 16.9. The monoisotopic (exact) mass is 455 g/mol. The van der Waals surface area contributed by atoms with Crippen molar-refractivity contribution in [2.45, 2.75) is 13.1 Å². The quantitative estimate of drug-likeness (QED) is 0.549. The van der Waals surface area contributed by atoms with Crippen LogP contribution in [0.3, 0.4) is 0 Å². The summed E-state index contributed by atoms with van der Waals surface area (Å²) in [4.78, 5) is 33.0. The zero-order valence-electron chi connectivity index (χ0n) is 15.3. The first-order valence-corrected chi connectivity index (χ1v) is 9.62. The lowest BCUT2D eigenvalue weighted by Gasteiger charge is -2.11. The molecule has 3 aromatic rings. The third-order valence-corrected chi connectivity index (χ3v) is 5.02. The van der Waals surface area contributed by atoms with Gasteiger partial charge < -0.3 is 10.1 Å². The molecule has 0 aliphatic heterocycles. The molecule has 0 spiro atoms. The smallest absolute Gasteiger partial charge is 0.417 e. The molecule has 3 heterocycles. The van der Waals surface area contributed by atoms with Gasteiger partial charge >= 0.3 is 12.1 Å². The molecular weight excluding hydrogens is 443 g/mol. The van der Waals surface area contributed by atoms with Crippen molar-refractivity contribution in [3.8, 4) is 10.6 Å². The Balaban J connectivity index is 1.60. The second-order valence-electron chi connectivity index (χ2n) is 5.98. The van der Waals surface area contributed by atoms with E-state index in [2.05, 4.69) is 15.3 Å². The van der Waals surface area contributed by atoms with Crippen LogP contribution in [0.15, 0.2) is 41.9 Å². The number of aromatic nitrogens is 2. The van der Waals surface area contributed by atoms with Crippen molar-refractivity contribution in [1.29, 1.82) is 0 Å². The van der Waals surface area contributed by atoms with E-state index in [1.165, 1.54) is 11.3 Å². The first-order valence-electron chi connectivity index (χ1n) is 8.36. The van der Waals surface area contributed by atoms with Crippen LogP contribution in [0.5, 0.6) is 0 Å². The summed E-state index contributed by atoms with van der Waals surface area (Å²) in [6, 6.07) is 7.64. The minimum atomic E-state index is -4.61. The van der Waals surface area contributed by atoms with Crippen LogP contribution in [-0.2, 0) is 15.7 Å². The minimum Gasteiger partial charge on any atom is -0.452 e. The fraction of sp³-hybridized carbons (Fsp3) is 0.158. The lowest BCUT2D eigenvalue weighted by atomic mass is 10.2. The highest BCUT2D eigenvalue weighted by Crippen LogP contribution is 2.32. The number of anilines is 1. The average molecular weight is 456 g/mol. The van der Waals surface area contributed by atoms with Crippen molar-refractivity contribution < 1.29 is 27.5 Å². The number of alkyl halides is 3. The second-order valence-corrected chi connectivity index (χ2v) is 7.34. The van der Waals surface area contributed by atoms with Crippen LogP contribution in [0, 0.1) is 6.92 Å². The molecule has 156 valence electrons. The van der Waals surface area contributed by atoms with E-state index in [-0.39, 0.29) is 11.4 Å². The van der Waals surface area contributed by atoms with Gasteiger partial charge in [-0.3, -0.25) is 9.78 Å². The SMILES string of the molecule is Cc1nc(-c2cccs2)ccc1C(=O)OCC(=O)Nc1ncc(C(F)(F)F)cc1Cl. The number of esters is 1. The van der Waals surface area contributed by atoms with Crippen molar-refractivity contribution in [1.82, 2.24) is 9.97 Å². The fourth-order valence-electron chi connectivity index (χ4n) is 2.40. The van der Waals surface area contributed by atoms with Crippen molar-refractivity contribution in [3.05, 3.63) is 63.8 Å². The van der Waals surface area contributed by atoms with Gasteiger partial charge in [0.2, 0.25) is 0 Å². The van der Waals surface area contributed by atoms with Crippen molar-refractivity contribution in [2.75, 3.05) is 11.9 Å². The van der Waals surface area contributed by atoms with Gasteiger partial charge in [0, 0.05) is 6.20 Å². The van der Waals surface area contributed by atoms with E-state index in [0.717, 1.165) is 4.88 Å². The Morgan fingerprint density at radius 1 is 1.27 bits per heavy atom. The van der Waals surface area contributed by atoms with Gasteiger partial charge in [-0.15, -0.1) is 11.3 Å². The molecule has 0 aliphatic carbocycles. The first kappa shape index (κ1) is 21.7. The van der Waals surface area contributed by atoms with Crippen LogP contribution in [0.25, 0.3) is 10.6 Å². The number of carbonyl (C=O) groups is 2. The molecule has 1 N–H and O–H groups in total. The molecule has 6 nitrogen and oxygen atoms in total. The van der Waals surface area contributed by atoms with E-state index < -0.39 is 35.2 Å². The molecule has 11 heteroatoms. The Morgan fingerprint density at radius 2 is 2.03 bits per heavy atom. The lowest BCUT2D eigenvalue weighted by Crippen LogP contribution is -2.22. The van der Waals surface area contributed by atoms with Crippen molar-refractivity contribution in [2.24, 2.45) is 0 Å². The Hall–Kier alpha value is -2.98. The van der Waals surface area contributed by atoms with Crippen molar-refractivity contribution in [3.63, 3.8) is 0 Å². The third-order valence-electron chi connectivity index (χ3n) is 3.84. The van der Waals surface area contributed by atoms with Crippen LogP contribution in [-0.4, -0.2) is 28.5 Å². The molecule has 0 aromatic carbocycles. The van der Waals surface area contributed by atoms with Crippen LogP contribution in [0.2, 0.25) is 5.02 Å². The van der Waals surface area contributed by atoms with E-state index in [4.69, 9.17) is 16.3 Å². The molecule has 0 radical (unpaired) electrons. The third kappa shape index (κ3) is 5.14. The summed E-state index contributed by atoms with van der Waals surface area (Å²) in [5, 5.41) is 3.71. The molecule has 30 heavy (non-hydrogen) atoms. The molecule has 1 amide bonds. The first-order chi connectivity index (χ1) is 14.1. The summed E-state index contributed by atoms with van der Waals surface area (Å²) in [5.74, 6) is -1.85. The number of halogens is 4. The van der Waals surface area contributed by atoms with Gasteiger partial charge in [-0.1, -0.05) is 17.7 Å². The van der Waals surface area contributed by atoms with Crippen LogP contribution < -0.4 is 5.32 Å². The predicted molar refractivity (Wildman–Crippen MR) is 105 cm³/mol. The normalized spacial score (nSPS) is 11.2. The summed E-state index contributed by atoms with van der Waals surface area (Å²) in [7, 11) is 0. The van der Waals surface area contributed by atoms with Gasteiger partial charge in [0.15, 0.2) is 12.4 Å². The molecule has 3 rings (SSSR count). The molecule has 0 atom stereocenters. The molecular formula is C19H13ClF3N3O3S. The highest BCUT2D eigenvalue weighted by atomic mass is 35.5. The number of hydrogen-bond acceptors (Lipinski definition) is 6. The number of aryl methyl sites for hydroxylation is 1. The van der Waals surface area contributed by atoms with E-state index >= 15 is 0 Å². The predicted octanol–water partition coefficient (Wildman–Crippen LogP) is 4.98. The maximum absolute atomic E-state index is 12.6. The molecule has 0 fully saturated rings. The highest BCUT2D eigenvalue weighted by Gasteiger charge is 2.31. The molecule has 0 saturated carbocycles. The summed E-state index contributed by atoms with van der Waals surface area (Å²) >= 11 is 7.23. The zero-order chi connectivity index (χ0) is 21.9. The van der Waals surface area contributed by atoms with Crippen LogP contribution >= 0.6 is 22.9 Å². The molecule has 0 bridgehead atoms. The van der Waals surface area contributed by atoms with E-state index in [1.807, 2.05) is 17.5 Å². The van der Waals surface area contributed by atoms with E-state index in [9.17, 15) is 22.8 Å². The minimum absolute atomic E-state index is 0.189. The maximum Gasteiger partial charge on any atom is 0.417 e. The van der Waals surface area contributed by atoms with Gasteiger partial charge in [0.25, 0.3) is 5.91 Å². The molecule has 3 aromatic heterocycles. The Kier molecular flexibility index (Phi) is 6.37. The summed E-state index contributed by atoms with van der Waals surface area (Å²) in [6.07, 6.45) is -4.07. The number of pyridine rings is 2. The number of hydrogen-bond donors (Lipinski definition) is 1. The largest absolute Gasteiger partial charge is 0.452 e. The van der Waals surface area contributed by atoms with Crippen LogP contribution in [0.1, 0.15) is 21.6 Å². The standard InChI is InChI=1S/C19H13ClF3N3O3S/c1-10-12(4-5-14(25-10)15-3-2-6-30-15)18(28)29-9-16(27)26-17-13(20)7-11(8-24-17)19(21,22)23/h2-8H,9H2,1H3,(H,24,26,27). The van der Waals surface area contributed by atoms with Gasteiger partial charge in [-0.25, -0.2) is 9.78 Å². The van der Waals surface area contributed by atoms with E-state index in [0.29, 0.717) is 23.7 Å². The number of rotatable bonds is 5. The number of nitrogens with one attached hydrogen (secondary N) is 1. The van der Waals surface area contributed by atoms with Crippen molar-refractivity contribution >= 4 is 40.6 Å². The van der Waals surface area contributed by atoms with Gasteiger partial charge in [-0.2, -0.15) is 13.2 Å².